The van der Waals surface area contributed by atoms with Crippen LogP contribution < -0.4 is 4.74 Å². The van der Waals surface area contributed by atoms with Gasteiger partial charge in [0.15, 0.2) is 0 Å². The minimum absolute atomic E-state index is 0.313. The van der Waals surface area contributed by atoms with Gasteiger partial charge in [0.05, 0.1) is 18.4 Å². The summed E-state index contributed by atoms with van der Waals surface area (Å²) in [6.45, 7) is 1.58. The molecule has 1 aliphatic rings. The van der Waals surface area contributed by atoms with Crippen molar-refractivity contribution in [1.29, 1.82) is 5.26 Å². The Labute approximate surface area is 133 Å². The number of halogens is 1. The molecule has 0 aromatic heterocycles. The van der Waals surface area contributed by atoms with Crippen LogP contribution in [0.3, 0.4) is 0 Å². The molecule has 0 bridgehead atoms. The standard InChI is InChI=1S/C14H17BrN2O3S/c1-21(18,19)17-6-4-11(5-7-17)10-20-14-8-13(15)3-2-12(14)9-16/h2-3,8,11H,4-7,10H2,1H3. The lowest BCUT2D eigenvalue weighted by Gasteiger charge is -2.30. The molecule has 1 fully saturated rings. The molecular formula is C14H17BrN2O3S. The molecule has 1 heterocycles. The molecule has 1 aliphatic heterocycles. The molecule has 0 atom stereocenters. The number of nitriles is 1. The first-order chi connectivity index (χ1) is 9.90. The molecule has 0 aliphatic carbocycles. The fourth-order valence-electron chi connectivity index (χ4n) is 2.32. The maximum atomic E-state index is 11.4. The van der Waals surface area contributed by atoms with Gasteiger partial charge in [-0.3, -0.25) is 0 Å². The van der Waals surface area contributed by atoms with Crippen LogP contribution in [0.25, 0.3) is 0 Å². The van der Waals surface area contributed by atoms with Crippen LogP contribution in [0, 0.1) is 17.2 Å². The van der Waals surface area contributed by atoms with Gasteiger partial charge in [0, 0.05) is 17.6 Å². The van der Waals surface area contributed by atoms with Gasteiger partial charge in [-0.2, -0.15) is 5.26 Å². The molecular weight excluding hydrogens is 356 g/mol. The van der Waals surface area contributed by atoms with Crippen molar-refractivity contribution >= 4 is 26.0 Å². The molecule has 5 nitrogen and oxygen atoms in total. The van der Waals surface area contributed by atoms with E-state index < -0.39 is 10.0 Å². The Morgan fingerprint density at radius 3 is 2.67 bits per heavy atom. The highest BCUT2D eigenvalue weighted by molar-refractivity contribution is 9.10. The summed E-state index contributed by atoms with van der Waals surface area (Å²) in [5, 5.41) is 9.05. The Balaban J connectivity index is 1.91. The number of benzene rings is 1. The Morgan fingerprint density at radius 2 is 2.10 bits per heavy atom. The highest BCUT2D eigenvalue weighted by Gasteiger charge is 2.25. The zero-order valence-corrected chi connectivity index (χ0v) is 14.2. The van der Waals surface area contributed by atoms with Gasteiger partial charge in [0.1, 0.15) is 11.8 Å². The highest BCUT2D eigenvalue weighted by atomic mass is 79.9. The van der Waals surface area contributed by atoms with E-state index >= 15 is 0 Å². The molecule has 0 radical (unpaired) electrons. The summed E-state index contributed by atoms with van der Waals surface area (Å²) in [5.41, 5.74) is 0.506. The minimum Gasteiger partial charge on any atom is -0.492 e. The van der Waals surface area contributed by atoms with Gasteiger partial charge in [-0.25, -0.2) is 12.7 Å². The fourth-order valence-corrected chi connectivity index (χ4v) is 3.54. The van der Waals surface area contributed by atoms with Gasteiger partial charge in [-0.05, 0) is 37.0 Å². The van der Waals surface area contributed by atoms with E-state index in [0.717, 1.165) is 17.3 Å². The molecule has 0 amide bonds. The molecule has 0 saturated carbocycles. The summed E-state index contributed by atoms with van der Waals surface area (Å²) < 4.78 is 31.0. The van der Waals surface area contributed by atoms with Crippen LogP contribution >= 0.6 is 15.9 Å². The van der Waals surface area contributed by atoms with Crippen LogP contribution in [0.2, 0.25) is 0 Å². The number of ether oxygens (including phenoxy) is 1. The van der Waals surface area contributed by atoms with E-state index in [1.165, 1.54) is 10.6 Å². The first kappa shape index (κ1) is 16.3. The lowest BCUT2D eigenvalue weighted by Crippen LogP contribution is -2.39. The summed E-state index contributed by atoms with van der Waals surface area (Å²) in [4.78, 5) is 0. The monoisotopic (exact) mass is 372 g/mol. The lowest BCUT2D eigenvalue weighted by molar-refractivity contribution is 0.185. The molecule has 0 spiro atoms. The Hall–Kier alpha value is -1.10. The quantitative estimate of drug-likeness (QED) is 0.813. The van der Waals surface area contributed by atoms with E-state index in [-0.39, 0.29) is 0 Å². The number of rotatable bonds is 4. The molecule has 1 saturated heterocycles. The van der Waals surface area contributed by atoms with Crippen molar-refractivity contribution in [2.75, 3.05) is 26.0 Å². The SMILES string of the molecule is CS(=O)(=O)N1CCC(COc2cc(Br)ccc2C#N)CC1. The maximum Gasteiger partial charge on any atom is 0.211 e. The average molecular weight is 373 g/mol. The first-order valence-electron chi connectivity index (χ1n) is 6.67. The van der Waals surface area contributed by atoms with Crippen molar-refractivity contribution in [1.82, 2.24) is 4.31 Å². The minimum atomic E-state index is -3.09. The second kappa shape index (κ2) is 6.77. The third kappa shape index (κ3) is 4.43. The molecule has 114 valence electrons. The van der Waals surface area contributed by atoms with E-state index in [9.17, 15) is 8.42 Å². The third-order valence-electron chi connectivity index (χ3n) is 3.58. The van der Waals surface area contributed by atoms with E-state index in [0.29, 0.717) is 36.9 Å². The van der Waals surface area contributed by atoms with Crippen molar-refractivity contribution in [3.63, 3.8) is 0 Å². The van der Waals surface area contributed by atoms with Gasteiger partial charge in [-0.15, -0.1) is 0 Å². The number of nitrogens with zero attached hydrogens (tertiary/aromatic N) is 2. The smallest absolute Gasteiger partial charge is 0.211 e. The van der Waals surface area contributed by atoms with Crippen LogP contribution in [-0.4, -0.2) is 38.7 Å². The van der Waals surface area contributed by atoms with Crippen molar-refractivity contribution in [3.8, 4) is 11.8 Å². The average Bonchev–Trinajstić information content (AvgIpc) is 2.45. The summed E-state index contributed by atoms with van der Waals surface area (Å²) >= 11 is 3.36. The second-order valence-corrected chi connectivity index (χ2v) is 8.07. The van der Waals surface area contributed by atoms with Crippen LogP contribution in [-0.2, 0) is 10.0 Å². The molecule has 7 heteroatoms. The molecule has 0 unspecified atom stereocenters. The molecule has 2 rings (SSSR count). The Bertz CT molecular complexity index is 647. The molecule has 1 aromatic carbocycles. The predicted octanol–water partition coefficient (Wildman–Crippen LogP) is 2.37. The summed E-state index contributed by atoms with van der Waals surface area (Å²) in [6, 6.07) is 7.40. The number of piperidine rings is 1. The van der Waals surface area contributed by atoms with Crippen LogP contribution in [0.1, 0.15) is 18.4 Å². The van der Waals surface area contributed by atoms with Gasteiger partial charge >= 0.3 is 0 Å². The van der Waals surface area contributed by atoms with E-state index in [2.05, 4.69) is 22.0 Å². The molecule has 21 heavy (non-hydrogen) atoms. The van der Waals surface area contributed by atoms with Crippen LogP contribution in [0.15, 0.2) is 22.7 Å². The van der Waals surface area contributed by atoms with Crippen molar-refractivity contribution in [2.45, 2.75) is 12.8 Å². The Kier molecular flexibility index (Phi) is 5.25. The van der Waals surface area contributed by atoms with Crippen LogP contribution in [0.4, 0.5) is 0 Å². The summed E-state index contributed by atoms with van der Waals surface area (Å²) in [6.07, 6.45) is 2.80. The van der Waals surface area contributed by atoms with Gasteiger partial charge in [0.2, 0.25) is 10.0 Å². The lowest BCUT2D eigenvalue weighted by atomic mass is 9.99. The van der Waals surface area contributed by atoms with E-state index in [4.69, 9.17) is 10.00 Å². The van der Waals surface area contributed by atoms with Crippen molar-refractivity contribution in [3.05, 3.63) is 28.2 Å². The fraction of sp³-hybridized carbons (Fsp3) is 0.500. The van der Waals surface area contributed by atoms with Crippen LogP contribution in [0.5, 0.6) is 5.75 Å². The predicted molar refractivity (Wildman–Crippen MR) is 83.5 cm³/mol. The number of hydrogen-bond acceptors (Lipinski definition) is 4. The van der Waals surface area contributed by atoms with Gasteiger partial charge in [-0.1, -0.05) is 15.9 Å². The van der Waals surface area contributed by atoms with E-state index in [1.807, 2.05) is 0 Å². The zero-order chi connectivity index (χ0) is 15.5. The number of sulfonamides is 1. The third-order valence-corrected chi connectivity index (χ3v) is 5.38. The summed E-state index contributed by atoms with van der Waals surface area (Å²) in [7, 11) is -3.09. The van der Waals surface area contributed by atoms with Gasteiger partial charge < -0.3 is 4.74 Å². The number of hydrogen-bond donors (Lipinski definition) is 0. The first-order valence-corrected chi connectivity index (χ1v) is 9.32. The summed E-state index contributed by atoms with van der Waals surface area (Å²) in [5.74, 6) is 0.881. The van der Waals surface area contributed by atoms with E-state index in [1.54, 1.807) is 18.2 Å². The normalized spacial score (nSPS) is 17.4. The maximum absolute atomic E-state index is 11.4. The van der Waals surface area contributed by atoms with Crippen molar-refractivity contribution < 1.29 is 13.2 Å². The highest BCUT2D eigenvalue weighted by Crippen LogP contribution is 2.25. The molecule has 1 aromatic rings. The topological polar surface area (TPSA) is 70.4 Å². The van der Waals surface area contributed by atoms with Gasteiger partial charge in [0.25, 0.3) is 0 Å². The molecule has 0 N–H and O–H groups in total. The Morgan fingerprint density at radius 1 is 1.43 bits per heavy atom. The second-order valence-electron chi connectivity index (χ2n) is 5.17. The zero-order valence-electron chi connectivity index (χ0n) is 11.8. The largest absolute Gasteiger partial charge is 0.492 e. The van der Waals surface area contributed by atoms with Crippen molar-refractivity contribution in [2.24, 2.45) is 5.92 Å².